The number of anilines is 1. The quantitative estimate of drug-likeness (QED) is 0.518. The van der Waals surface area contributed by atoms with Crippen LogP contribution in [-0.2, 0) is 4.79 Å². The number of alkyl halides is 1. The van der Waals surface area contributed by atoms with Crippen LogP contribution in [0, 0.1) is 0 Å². The predicted molar refractivity (Wildman–Crippen MR) is 74.6 cm³/mol. The molecule has 1 saturated heterocycles. The first-order chi connectivity index (χ1) is 8.61. The number of amides is 1. The molecule has 96 valence electrons. The molecule has 0 aliphatic carbocycles. The zero-order chi connectivity index (χ0) is 13.1. The molecule has 0 radical (unpaired) electrons. The van der Waals surface area contributed by atoms with Crippen molar-refractivity contribution in [1.29, 1.82) is 0 Å². The van der Waals surface area contributed by atoms with Crippen LogP contribution in [0.1, 0.15) is 19.8 Å². The van der Waals surface area contributed by atoms with Crippen LogP contribution in [0.3, 0.4) is 0 Å². The van der Waals surface area contributed by atoms with Gasteiger partial charge in [0, 0.05) is 18.2 Å². The molecule has 1 aliphatic rings. The van der Waals surface area contributed by atoms with Crippen molar-refractivity contribution < 1.29 is 4.79 Å². The molecule has 0 spiro atoms. The molecular weight excluding hydrogens is 250 g/mol. The van der Waals surface area contributed by atoms with Crippen LogP contribution >= 0.6 is 11.6 Å². The zero-order valence-electron chi connectivity index (χ0n) is 10.3. The molecular formula is C13H16ClN3O. The molecule has 0 aromatic heterocycles. The molecule has 1 heterocycles. The van der Waals surface area contributed by atoms with Crippen LogP contribution in [0.25, 0.3) is 0 Å². The highest BCUT2D eigenvalue weighted by Gasteiger charge is 2.28. The first-order valence-electron chi connectivity index (χ1n) is 5.93. The number of amidine groups is 1. The van der Waals surface area contributed by atoms with Crippen molar-refractivity contribution in [2.75, 3.05) is 10.8 Å². The Labute approximate surface area is 111 Å². The van der Waals surface area contributed by atoms with Crippen LogP contribution in [0.2, 0.25) is 0 Å². The molecule has 1 amide bonds. The molecule has 0 saturated carbocycles. The lowest BCUT2D eigenvalue weighted by Gasteiger charge is -2.21. The highest BCUT2D eigenvalue weighted by Crippen LogP contribution is 2.27. The van der Waals surface area contributed by atoms with Crippen LogP contribution in [-0.4, -0.2) is 23.7 Å². The SMILES string of the molecule is CC1CCC(=O)N1c1ccc(N=C(N)CCl)cc1. The van der Waals surface area contributed by atoms with E-state index in [4.69, 9.17) is 17.3 Å². The summed E-state index contributed by atoms with van der Waals surface area (Å²) in [4.78, 5) is 17.7. The van der Waals surface area contributed by atoms with Crippen LogP contribution in [0.4, 0.5) is 11.4 Å². The van der Waals surface area contributed by atoms with Gasteiger partial charge in [0.25, 0.3) is 0 Å². The summed E-state index contributed by atoms with van der Waals surface area (Å²) in [7, 11) is 0. The summed E-state index contributed by atoms with van der Waals surface area (Å²) in [6.07, 6.45) is 1.54. The number of hydrogen-bond acceptors (Lipinski definition) is 2. The standard InChI is InChI=1S/C13H16ClN3O/c1-9-2-7-13(18)17(9)11-5-3-10(4-6-11)16-12(15)8-14/h3-6,9H,2,7-8H2,1H3,(H2,15,16). The molecule has 5 heteroatoms. The van der Waals surface area contributed by atoms with Gasteiger partial charge in [0.2, 0.25) is 5.91 Å². The van der Waals surface area contributed by atoms with Crippen molar-refractivity contribution in [3.63, 3.8) is 0 Å². The van der Waals surface area contributed by atoms with Gasteiger partial charge >= 0.3 is 0 Å². The monoisotopic (exact) mass is 265 g/mol. The van der Waals surface area contributed by atoms with Gasteiger partial charge in [-0.05, 0) is 37.6 Å². The number of carbonyl (C=O) groups is 1. The summed E-state index contributed by atoms with van der Waals surface area (Å²) in [5.41, 5.74) is 7.22. The zero-order valence-corrected chi connectivity index (χ0v) is 11.0. The van der Waals surface area contributed by atoms with Gasteiger partial charge in [0.15, 0.2) is 0 Å². The minimum atomic E-state index is 0.180. The van der Waals surface area contributed by atoms with E-state index in [1.165, 1.54) is 0 Å². The molecule has 1 aromatic rings. The summed E-state index contributed by atoms with van der Waals surface area (Å²) >= 11 is 5.57. The normalized spacial score (nSPS) is 20.6. The fourth-order valence-corrected chi connectivity index (χ4v) is 2.17. The van der Waals surface area contributed by atoms with Crippen molar-refractivity contribution in [1.82, 2.24) is 0 Å². The van der Waals surface area contributed by atoms with E-state index in [9.17, 15) is 4.79 Å². The summed E-state index contributed by atoms with van der Waals surface area (Å²) in [5.74, 6) is 0.776. The maximum absolute atomic E-state index is 11.8. The molecule has 1 aliphatic heterocycles. The second kappa shape index (κ2) is 5.40. The number of nitrogens with two attached hydrogens (primary N) is 1. The lowest BCUT2D eigenvalue weighted by atomic mass is 10.2. The van der Waals surface area contributed by atoms with E-state index in [0.717, 1.165) is 17.8 Å². The Hall–Kier alpha value is -1.55. The van der Waals surface area contributed by atoms with E-state index in [1.54, 1.807) is 0 Å². The fraction of sp³-hybridized carbons (Fsp3) is 0.385. The van der Waals surface area contributed by atoms with Gasteiger partial charge in [-0.2, -0.15) is 0 Å². The third-order valence-electron chi connectivity index (χ3n) is 3.02. The molecule has 1 fully saturated rings. The minimum Gasteiger partial charge on any atom is -0.386 e. The van der Waals surface area contributed by atoms with Crippen molar-refractivity contribution in [2.24, 2.45) is 10.7 Å². The Balaban J connectivity index is 2.20. The van der Waals surface area contributed by atoms with E-state index < -0.39 is 0 Å². The molecule has 4 nitrogen and oxygen atoms in total. The molecule has 18 heavy (non-hydrogen) atoms. The average molecular weight is 266 g/mol. The van der Waals surface area contributed by atoms with Gasteiger partial charge in [0.05, 0.1) is 11.6 Å². The molecule has 0 bridgehead atoms. The van der Waals surface area contributed by atoms with E-state index in [2.05, 4.69) is 11.9 Å². The van der Waals surface area contributed by atoms with Crippen molar-refractivity contribution in [3.8, 4) is 0 Å². The molecule has 1 aromatic carbocycles. The topological polar surface area (TPSA) is 58.7 Å². The first-order valence-corrected chi connectivity index (χ1v) is 6.46. The smallest absolute Gasteiger partial charge is 0.227 e. The molecule has 2 N–H and O–H groups in total. The summed E-state index contributed by atoms with van der Waals surface area (Å²) < 4.78 is 0. The van der Waals surface area contributed by atoms with Gasteiger partial charge < -0.3 is 10.6 Å². The van der Waals surface area contributed by atoms with Crippen LogP contribution in [0.15, 0.2) is 29.3 Å². The van der Waals surface area contributed by atoms with E-state index >= 15 is 0 Å². The van der Waals surface area contributed by atoms with Gasteiger partial charge in [0.1, 0.15) is 5.84 Å². The Bertz CT molecular complexity index is 470. The van der Waals surface area contributed by atoms with Gasteiger partial charge in [-0.1, -0.05) is 0 Å². The lowest BCUT2D eigenvalue weighted by Crippen LogP contribution is -2.30. The number of halogens is 1. The summed E-state index contributed by atoms with van der Waals surface area (Å²) in [5, 5.41) is 0. The Morgan fingerprint density at radius 1 is 1.50 bits per heavy atom. The number of aliphatic imine (C=N–C) groups is 1. The minimum absolute atomic E-state index is 0.180. The van der Waals surface area contributed by atoms with Crippen molar-refractivity contribution in [3.05, 3.63) is 24.3 Å². The highest BCUT2D eigenvalue weighted by molar-refractivity contribution is 6.28. The van der Waals surface area contributed by atoms with Gasteiger partial charge in [-0.25, -0.2) is 4.99 Å². The number of benzene rings is 1. The molecule has 1 unspecified atom stereocenters. The maximum Gasteiger partial charge on any atom is 0.227 e. The number of nitrogens with zero attached hydrogens (tertiary/aromatic N) is 2. The van der Waals surface area contributed by atoms with Gasteiger partial charge in [-0.15, -0.1) is 11.6 Å². The number of hydrogen-bond donors (Lipinski definition) is 1. The number of carbonyl (C=O) groups excluding carboxylic acids is 1. The first kappa shape index (κ1) is 12.9. The Kier molecular flexibility index (Phi) is 3.87. The molecule has 1 atom stereocenters. The second-order valence-corrected chi connectivity index (χ2v) is 4.67. The van der Waals surface area contributed by atoms with Crippen LogP contribution < -0.4 is 10.6 Å². The van der Waals surface area contributed by atoms with E-state index in [0.29, 0.717) is 12.3 Å². The van der Waals surface area contributed by atoms with E-state index in [-0.39, 0.29) is 17.8 Å². The largest absolute Gasteiger partial charge is 0.386 e. The maximum atomic E-state index is 11.8. The Morgan fingerprint density at radius 3 is 2.67 bits per heavy atom. The number of rotatable bonds is 3. The van der Waals surface area contributed by atoms with Gasteiger partial charge in [-0.3, -0.25) is 4.79 Å². The molecule has 2 rings (SSSR count). The second-order valence-electron chi connectivity index (χ2n) is 4.40. The average Bonchev–Trinajstić information content (AvgIpc) is 2.70. The lowest BCUT2D eigenvalue weighted by molar-refractivity contribution is -0.117. The Morgan fingerprint density at radius 2 is 2.17 bits per heavy atom. The predicted octanol–water partition coefficient (Wildman–Crippen LogP) is 2.43. The van der Waals surface area contributed by atoms with E-state index in [1.807, 2.05) is 29.2 Å². The van der Waals surface area contributed by atoms with Crippen molar-refractivity contribution >= 4 is 34.7 Å². The van der Waals surface area contributed by atoms with Crippen LogP contribution in [0.5, 0.6) is 0 Å². The third kappa shape index (κ3) is 2.64. The summed E-state index contributed by atoms with van der Waals surface area (Å²) in [6.45, 7) is 2.06. The highest BCUT2D eigenvalue weighted by atomic mass is 35.5. The third-order valence-corrected chi connectivity index (χ3v) is 3.30. The summed E-state index contributed by atoms with van der Waals surface area (Å²) in [6, 6.07) is 7.72. The fourth-order valence-electron chi connectivity index (χ4n) is 2.11. The van der Waals surface area contributed by atoms with Crippen molar-refractivity contribution in [2.45, 2.75) is 25.8 Å².